The number of methoxy groups -OCH3 is 1. The Kier molecular flexibility index (Phi) is 3.69. The lowest BCUT2D eigenvalue weighted by Gasteiger charge is -2.02. The van der Waals surface area contributed by atoms with Crippen molar-refractivity contribution >= 4 is 6.08 Å². The Morgan fingerprint density at radius 3 is 2.57 bits per heavy atom. The van der Waals surface area contributed by atoms with Crippen LogP contribution in [0.4, 0.5) is 4.39 Å². The molecule has 0 aliphatic heterocycles. The Morgan fingerprint density at radius 1 is 1.36 bits per heavy atom. The lowest BCUT2D eigenvalue weighted by atomic mass is 10.1. The molecule has 1 rings (SSSR count). The van der Waals surface area contributed by atoms with Gasteiger partial charge < -0.3 is 4.74 Å². The molecule has 0 saturated heterocycles. The summed E-state index contributed by atoms with van der Waals surface area (Å²) in [6, 6.07) is 4.94. The normalized spacial score (nSPS) is 11.2. The lowest BCUT2D eigenvalue weighted by molar-refractivity contribution is 0.386. The molecular formula is C12H15FO. The second-order valence-corrected chi connectivity index (χ2v) is 3.50. The van der Waals surface area contributed by atoms with Gasteiger partial charge in [-0.2, -0.15) is 0 Å². The zero-order chi connectivity index (χ0) is 10.6. The summed E-state index contributed by atoms with van der Waals surface area (Å²) in [5.74, 6) is 0.435. The molecule has 0 atom stereocenters. The molecule has 0 saturated carbocycles. The van der Waals surface area contributed by atoms with Crippen molar-refractivity contribution in [2.75, 3.05) is 7.11 Å². The Balaban J connectivity index is 2.86. The van der Waals surface area contributed by atoms with Crippen molar-refractivity contribution in [1.82, 2.24) is 0 Å². The molecule has 1 nitrogen and oxygen atoms in total. The smallest absolute Gasteiger partial charge is 0.165 e. The summed E-state index contributed by atoms with van der Waals surface area (Å²) in [5, 5.41) is 0. The van der Waals surface area contributed by atoms with Gasteiger partial charge in [-0.25, -0.2) is 4.39 Å². The number of rotatable bonds is 3. The molecule has 0 radical (unpaired) electrons. The first kappa shape index (κ1) is 10.8. The molecule has 2 heteroatoms. The molecule has 0 N–H and O–H groups in total. The van der Waals surface area contributed by atoms with Gasteiger partial charge in [-0.1, -0.05) is 32.1 Å². The fraction of sp³-hybridized carbons (Fsp3) is 0.333. The van der Waals surface area contributed by atoms with Gasteiger partial charge >= 0.3 is 0 Å². The third-order valence-electron chi connectivity index (χ3n) is 1.85. The standard InChI is InChI=1S/C12H15FO/c1-9(2)4-5-10-6-7-12(14-3)11(13)8-10/h4-9H,1-3H3/b5-4+. The summed E-state index contributed by atoms with van der Waals surface area (Å²) in [6.45, 7) is 4.16. The first-order chi connectivity index (χ1) is 6.63. The molecule has 0 fully saturated rings. The summed E-state index contributed by atoms with van der Waals surface area (Å²) in [7, 11) is 1.46. The van der Waals surface area contributed by atoms with Crippen LogP contribution in [0.1, 0.15) is 19.4 Å². The van der Waals surface area contributed by atoms with E-state index in [-0.39, 0.29) is 11.6 Å². The summed E-state index contributed by atoms with van der Waals surface area (Å²) < 4.78 is 18.0. The first-order valence-corrected chi connectivity index (χ1v) is 4.65. The Bertz CT molecular complexity index is 329. The molecule has 0 aliphatic carbocycles. The molecule has 14 heavy (non-hydrogen) atoms. The van der Waals surface area contributed by atoms with Crippen molar-refractivity contribution in [1.29, 1.82) is 0 Å². The fourth-order valence-electron chi connectivity index (χ4n) is 1.09. The number of halogens is 1. The van der Waals surface area contributed by atoms with E-state index >= 15 is 0 Å². The van der Waals surface area contributed by atoms with Crippen LogP contribution < -0.4 is 4.74 Å². The van der Waals surface area contributed by atoms with E-state index in [0.29, 0.717) is 5.92 Å². The van der Waals surface area contributed by atoms with Gasteiger partial charge in [-0.3, -0.25) is 0 Å². The van der Waals surface area contributed by atoms with Crippen molar-refractivity contribution in [2.24, 2.45) is 5.92 Å². The summed E-state index contributed by atoms with van der Waals surface area (Å²) in [4.78, 5) is 0. The van der Waals surface area contributed by atoms with Crippen LogP contribution in [0.2, 0.25) is 0 Å². The van der Waals surface area contributed by atoms with Gasteiger partial charge in [0.15, 0.2) is 11.6 Å². The maximum atomic E-state index is 13.2. The van der Waals surface area contributed by atoms with Crippen LogP contribution in [-0.2, 0) is 0 Å². The van der Waals surface area contributed by atoms with E-state index < -0.39 is 0 Å². The average molecular weight is 194 g/mol. The van der Waals surface area contributed by atoms with Crippen LogP contribution in [0, 0.1) is 11.7 Å². The van der Waals surface area contributed by atoms with Gasteiger partial charge in [0.2, 0.25) is 0 Å². The number of hydrogen-bond acceptors (Lipinski definition) is 1. The second-order valence-electron chi connectivity index (χ2n) is 3.50. The topological polar surface area (TPSA) is 9.23 Å². The minimum absolute atomic E-state index is 0.284. The van der Waals surface area contributed by atoms with Gasteiger partial charge in [0, 0.05) is 0 Å². The highest BCUT2D eigenvalue weighted by molar-refractivity contribution is 5.51. The predicted molar refractivity (Wildman–Crippen MR) is 56.8 cm³/mol. The highest BCUT2D eigenvalue weighted by Crippen LogP contribution is 2.18. The zero-order valence-corrected chi connectivity index (χ0v) is 8.75. The quantitative estimate of drug-likeness (QED) is 0.715. The largest absolute Gasteiger partial charge is 0.494 e. The molecular weight excluding hydrogens is 179 g/mol. The highest BCUT2D eigenvalue weighted by Gasteiger charge is 2.00. The van der Waals surface area contributed by atoms with Crippen LogP contribution in [-0.4, -0.2) is 7.11 Å². The number of ether oxygens (including phenoxy) is 1. The fourth-order valence-corrected chi connectivity index (χ4v) is 1.09. The Morgan fingerprint density at radius 2 is 2.07 bits per heavy atom. The molecule has 76 valence electrons. The summed E-state index contributed by atoms with van der Waals surface area (Å²) >= 11 is 0. The first-order valence-electron chi connectivity index (χ1n) is 4.65. The van der Waals surface area contributed by atoms with Gasteiger partial charge in [0.05, 0.1) is 7.11 Å². The van der Waals surface area contributed by atoms with E-state index in [0.717, 1.165) is 5.56 Å². The third-order valence-corrected chi connectivity index (χ3v) is 1.85. The minimum Gasteiger partial charge on any atom is -0.494 e. The Hall–Kier alpha value is -1.31. The van der Waals surface area contributed by atoms with Crippen LogP contribution in [0.5, 0.6) is 5.75 Å². The molecule has 0 spiro atoms. The van der Waals surface area contributed by atoms with Crippen LogP contribution >= 0.6 is 0 Å². The second kappa shape index (κ2) is 4.80. The van der Waals surface area contributed by atoms with Gasteiger partial charge in [0.25, 0.3) is 0 Å². The lowest BCUT2D eigenvalue weighted by Crippen LogP contribution is -1.88. The predicted octanol–water partition coefficient (Wildman–Crippen LogP) is 3.50. The van der Waals surface area contributed by atoms with Crippen molar-refractivity contribution < 1.29 is 9.13 Å². The molecule has 1 aromatic rings. The van der Waals surface area contributed by atoms with Gasteiger partial charge in [-0.05, 0) is 23.6 Å². The monoisotopic (exact) mass is 194 g/mol. The number of benzene rings is 1. The summed E-state index contributed by atoms with van der Waals surface area (Å²) in [6.07, 6.45) is 3.94. The van der Waals surface area contributed by atoms with Crippen molar-refractivity contribution in [2.45, 2.75) is 13.8 Å². The molecule has 0 aromatic heterocycles. The van der Waals surface area contributed by atoms with E-state index in [2.05, 4.69) is 13.8 Å². The molecule has 0 heterocycles. The van der Waals surface area contributed by atoms with Gasteiger partial charge in [0.1, 0.15) is 0 Å². The van der Waals surface area contributed by atoms with E-state index in [9.17, 15) is 4.39 Å². The van der Waals surface area contributed by atoms with Crippen molar-refractivity contribution in [3.05, 3.63) is 35.7 Å². The maximum absolute atomic E-state index is 13.2. The molecule has 0 bridgehead atoms. The van der Waals surface area contributed by atoms with Crippen LogP contribution in [0.3, 0.4) is 0 Å². The van der Waals surface area contributed by atoms with E-state index in [4.69, 9.17) is 4.74 Å². The van der Waals surface area contributed by atoms with E-state index in [1.54, 1.807) is 6.07 Å². The summed E-state index contributed by atoms with van der Waals surface area (Å²) in [5.41, 5.74) is 0.858. The van der Waals surface area contributed by atoms with Gasteiger partial charge in [-0.15, -0.1) is 0 Å². The highest BCUT2D eigenvalue weighted by atomic mass is 19.1. The SMILES string of the molecule is COc1ccc(/C=C/C(C)C)cc1F. The van der Waals surface area contributed by atoms with Crippen molar-refractivity contribution in [3.8, 4) is 5.75 Å². The number of hydrogen-bond donors (Lipinski definition) is 0. The Labute approximate surface area is 84.2 Å². The number of allylic oxidation sites excluding steroid dienone is 1. The maximum Gasteiger partial charge on any atom is 0.165 e. The van der Waals surface area contributed by atoms with E-state index in [1.807, 2.05) is 18.2 Å². The zero-order valence-electron chi connectivity index (χ0n) is 8.75. The molecule has 0 unspecified atom stereocenters. The van der Waals surface area contributed by atoms with E-state index in [1.165, 1.54) is 13.2 Å². The average Bonchev–Trinajstić information content (AvgIpc) is 2.15. The molecule has 0 aliphatic rings. The molecule has 0 amide bonds. The van der Waals surface area contributed by atoms with Crippen LogP contribution in [0.25, 0.3) is 6.08 Å². The molecule has 1 aromatic carbocycles. The third kappa shape index (κ3) is 2.87. The minimum atomic E-state index is -0.321. The van der Waals surface area contributed by atoms with Crippen LogP contribution in [0.15, 0.2) is 24.3 Å². The van der Waals surface area contributed by atoms with Crippen molar-refractivity contribution in [3.63, 3.8) is 0 Å².